The van der Waals surface area contributed by atoms with Gasteiger partial charge in [0.05, 0.1) is 5.41 Å². The van der Waals surface area contributed by atoms with Crippen molar-refractivity contribution in [1.82, 2.24) is 0 Å². The highest BCUT2D eigenvalue weighted by Gasteiger charge is 2.51. The molecule has 0 saturated heterocycles. The third kappa shape index (κ3) is 3.52. The van der Waals surface area contributed by atoms with Gasteiger partial charge in [0, 0.05) is 23.5 Å². The number of para-hydroxylation sites is 1. The minimum absolute atomic E-state index is 0.00303. The second kappa shape index (κ2) is 7.38. The number of aryl methyl sites for hydroxylation is 2. The fourth-order valence-corrected chi connectivity index (χ4v) is 4.67. The monoisotopic (exact) mass is 410 g/mol. The van der Waals surface area contributed by atoms with Crippen molar-refractivity contribution in [2.24, 2.45) is 0 Å². The van der Waals surface area contributed by atoms with E-state index in [4.69, 9.17) is 0 Å². The third-order valence-electron chi connectivity index (χ3n) is 6.48. The Labute approximate surface area is 182 Å². The number of anilines is 2. The second-order valence-electron chi connectivity index (χ2n) is 8.83. The second-order valence-corrected chi connectivity index (χ2v) is 8.83. The Balaban J connectivity index is 1.31. The van der Waals surface area contributed by atoms with Crippen molar-refractivity contribution in [3.8, 4) is 0 Å². The van der Waals surface area contributed by atoms with Crippen LogP contribution >= 0.6 is 0 Å². The van der Waals surface area contributed by atoms with Crippen LogP contribution in [-0.4, -0.2) is 18.4 Å². The largest absolute Gasteiger partial charge is 0.325 e. The number of benzene rings is 3. The number of carbonyl (C=O) groups is 2. The molecule has 3 aromatic carbocycles. The van der Waals surface area contributed by atoms with Crippen molar-refractivity contribution in [1.29, 1.82) is 0 Å². The van der Waals surface area contributed by atoms with Gasteiger partial charge in [0.2, 0.25) is 5.91 Å². The van der Waals surface area contributed by atoms with E-state index in [-0.39, 0.29) is 11.8 Å². The maximum Gasteiger partial charge on any atom is 0.258 e. The number of rotatable bonds is 4. The molecule has 2 amide bonds. The molecule has 1 heterocycles. The first kappa shape index (κ1) is 19.6. The van der Waals surface area contributed by atoms with Crippen LogP contribution in [0, 0.1) is 13.8 Å². The van der Waals surface area contributed by atoms with E-state index >= 15 is 0 Å². The van der Waals surface area contributed by atoms with Gasteiger partial charge in [-0.05, 0) is 74.6 Å². The van der Waals surface area contributed by atoms with Crippen molar-refractivity contribution < 1.29 is 9.59 Å². The Kier molecular flexibility index (Phi) is 4.66. The lowest BCUT2D eigenvalue weighted by Crippen LogP contribution is -2.29. The number of fused-ring (bicyclic) bond motifs is 1. The summed E-state index contributed by atoms with van der Waals surface area (Å²) in [7, 11) is 0. The van der Waals surface area contributed by atoms with Crippen LogP contribution in [0.25, 0.3) is 0 Å². The van der Waals surface area contributed by atoms with Gasteiger partial charge in [-0.3, -0.25) is 9.59 Å². The number of nitrogens with one attached hydrogen (secondary N) is 1. The highest BCUT2D eigenvalue weighted by molar-refractivity contribution is 6.08. The Hall–Kier alpha value is -3.40. The molecule has 1 aliphatic carbocycles. The predicted octanol–water partition coefficient (Wildman–Crippen LogP) is 5.18. The zero-order chi connectivity index (χ0) is 21.6. The number of carbonyl (C=O) groups excluding carboxylic acids is 2. The van der Waals surface area contributed by atoms with Crippen LogP contribution in [0.2, 0.25) is 0 Å². The molecular formula is C27H26N2O2. The first-order valence-corrected chi connectivity index (χ1v) is 10.9. The standard InChI is InChI=1S/C27H26N2O2/c1-18-15-19(2)17-22(16-18)27(12-13-27)26(31)28-23-9-7-21(8-10-23)25(30)29-14-11-20-5-3-4-6-24(20)29/h3-10,15-17H,11-14H2,1-2H3,(H,28,31). The molecule has 5 rings (SSSR count). The summed E-state index contributed by atoms with van der Waals surface area (Å²) in [4.78, 5) is 27.9. The molecule has 156 valence electrons. The van der Waals surface area contributed by atoms with Crippen molar-refractivity contribution >= 4 is 23.2 Å². The van der Waals surface area contributed by atoms with Crippen molar-refractivity contribution in [2.75, 3.05) is 16.8 Å². The lowest BCUT2D eigenvalue weighted by Gasteiger charge is -2.19. The molecule has 4 heteroatoms. The molecule has 0 bridgehead atoms. The molecule has 0 unspecified atom stereocenters. The SMILES string of the molecule is Cc1cc(C)cc(C2(C(=O)Nc3ccc(C(=O)N4CCc5ccccc54)cc3)CC2)c1. The average molecular weight is 411 g/mol. The topological polar surface area (TPSA) is 49.4 Å². The van der Waals surface area contributed by atoms with E-state index in [1.54, 1.807) is 12.1 Å². The number of hydrogen-bond donors (Lipinski definition) is 1. The van der Waals surface area contributed by atoms with Crippen LogP contribution in [0.3, 0.4) is 0 Å². The van der Waals surface area contributed by atoms with Crippen molar-refractivity contribution in [3.63, 3.8) is 0 Å². The minimum Gasteiger partial charge on any atom is -0.325 e. The van der Waals surface area contributed by atoms with Crippen LogP contribution in [0.15, 0.2) is 66.7 Å². The van der Waals surface area contributed by atoms with E-state index in [0.717, 1.165) is 36.2 Å². The molecule has 0 spiro atoms. The first-order chi connectivity index (χ1) is 15.0. The summed E-state index contributed by atoms with van der Waals surface area (Å²) in [5.74, 6) is 0.0294. The molecule has 3 aromatic rings. The van der Waals surface area contributed by atoms with E-state index in [9.17, 15) is 9.59 Å². The van der Waals surface area contributed by atoms with Gasteiger partial charge >= 0.3 is 0 Å². The Morgan fingerprint density at radius 3 is 2.26 bits per heavy atom. The number of amides is 2. The molecule has 1 fully saturated rings. The molecule has 1 saturated carbocycles. The lowest BCUT2D eigenvalue weighted by molar-refractivity contribution is -0.118. The molecule has 2 aliphatic rings. The fraction of sp³-hybridized carbons (Fsp3) is 0.259. The third-order valence-corrected chi connectivity index (χ3v) is 6.48. The van der Waals surface area contributed by atoms with E-state index in [1.165, 1.54) is 16.7 Å². The summed E-state index contributed by atoms with van der Waals surface area (Å²) in [5, 5.41) is 3.07. The fourth-order valence-electron chi connectivity index (χ4n) is 4.67. The van der Waals surface area contributed by atoms with E-state index < -0.39 is 5.41 Å². The zero-order valence-electron chi connectivity index (χ0n) is 17.9. The van der Waals surface area contributed by atoms with Crippen LogP contribution < -0.4 is 10.2 Å². The highest BCUT2D eigenvalue weighted by atomic mass is 16.2. The minimum atomic E-state index is -0.426. The summed E-state index contributed by atoms with van der Waals surface area (Å²) in [6, 6.07) is 21.7. The normalized spacial score (nSPS) is 16.0. The summed E-state index contributed by atoms with van der Waals surface area (Å²) in [6.07, 6.45) is 2.62. The van der Waals surface area contributed by atoms with Gasteiger partial charge in [0.15, 0.2) is 0 Å². The molecular weight excluding hydrogens is 384 g/mol. The van der Waals surface area contributed by atoms with Gasteiger partial charge in [-0.25, -0.2) is 0 Å². The van der Waals surface area contributed by atoms with Gasteiger partial charge in [-0.15, -0.1) is 0 Å². The number of nitrogens with zero attached hydrogens (tertiary/aromatic N) is 1. The molecule has 31 heavy (non-hydrogen) atoms. The predicted molar refractivity (Wildman–Crippen MR) is 124 cm³/mol. The number of hydrogen-bond acceptors (Lipinski definition) is 2. The molecule has 4 nitrogen and oxygen atoms in total. The van der Waals surface area contributed by atoms with Crippen LogP contribution in [0.1, 0.15) is 45.5 Å². The summed E-state index contributed by atoms with van der Waals surface area (Å²) >= 11 is 0. The van der Waals surface area contributed by atoms with Crippen molar-refractivity contribution in [3.05, 3.63) is 94.5 Å². The zero-order valence-corrected chi connectivity index (χ0v) is 17.9. The van der Waals surface area contributed by atoms with Gasteiger partial charge < -0.3 is 10.2 Å². The maximum atomic E-state index is 13.1. The average Bonchev–Trinajstić information content (AvgIpc) is 3.47. The first-order valence-electron chi connectivity index (χ1n) is 10.9. The van der Waals surface area contributed by atoms with E-state index in [2.05, 4.69) is 43.4 Å². The van der Waals surface area contributed by atoms with Gasteiger partial charge in [-0.2, -0.15) is 0 Å². The lowest BCUT2D eigenvalue weighted by atomic mass is 9.92. The molecule has 1 aliphatic heterocycles. The Bertz CT molecular complexity index is 1160. The van der Waals surface area contributed by atoms with Gasteiger partial charge in [0.1, 0.15) is 0 Å². The molecule has 0 aromatic heterocycles. The molecule has 0 radical (unpaired) electrons. The van der Waals surface area contributed by atoms with Gasteiger partial charge in [0.25, 0.3) is 5.91 Å². The summed E-state index contributed by atoms with van der Waals surface area (Å²) in [5.41, 5.74) is 6.59. The summed E-state index contributed by atoms with van der Waals surface area (Å²) < 4.78 is 0. The summed E-state index contributed by atoms with van der Waals surface area (Å²) in [6.45, 7) is 4.84. The van der Waals surface area contributed by atoms with E-state index in [0.29, 0.717) is 12.1 Å². The Morgan fingerprint density at radius 2 is 1.58 bits per heavy atom. The maximum absolute atomic E-state index is 13.1. The van der Waals surface area contributed by atoms with Crippen LogP contribution in [-0.2, 0) is 16.6 Å². The van der Waals surface area contributed by atoms with Crippen LogP contribution in [0.4, 0.5) is 11.4 Å². The highest BCUT2D eigenvalue weighted by Crippen LogP contribution is 2.49. The van der Waals surface area contributed by atoms with E-state index in [1.807, 2.05) is 35.2 Å². The molecule has 1 N–H and O–H groups in total. The van der Waals surface area contributed by atoms with Gasteiger partial charge in [-0.1, -0.05) is 47.5 Å². The quantitative estimate of drug-likeness (QED) is 0.645. The Morgan fingerprint density at radius 1 is 0.903 bits per heavy atom. The van der Waals surface area contributed by atoms with Crippen LogP contribution in [0.5, 0.6) is 0 Å². The smallest absolute Gasteiger partial charge is 0.258 e. The molecule has 0 atom stereocenters. The van der Waals surface area contributed by atoms with Crippen molar-refractivity contribution in [2.45, 2.75) is 38.5 Å².